The molecule has 0 fully saturated rings. The van der Waals surface area contributed by atoms with E-state index in [1.807, 2.05) is 60.7 Å². The largest absolute Gasteiger partial charge is 0.505 e. The third-order valence-corrected chi connectivity index (χ3v) is 6.74. The number of unbranched alkanes of at least 4 members (excludes halogenated alkanes) is 1. The van der Waals surface area contributed by atoms with Gasteiger partial charge < -0.3 is 20.1 Å². The van der Waals surface area contributed by atoms with E-state index >= 15 is 0 Å². The van der Waals surface area contributed by atoms with Crippen LogP contribution < -0.4 is 10.9 Å². The summed E-state index contributed by atoms with van der Waals surface area (Å²) in [5.74, 6) is -1.86. The number of nitrogens with zero attached hydrogens (tertiary/aromatic N) is 3. The fraction of sp³-hybridized carbons (Fsp3) is 0.156. The van der Waals surface area contributed by atoms with E-state index in [0.717, 1.165) is 5.56 Å². The van der Waals surface area contributed by atoms with Crippen LogP contribution >= 0.6 is 0 Å². The number of benzene rings is 2. The number of hydrogen-bond acceptors (Lipinski definition) is 6. The predicted octanol–water partition coefficient (Wildman–Crippen LogP) is 4.86. The normalized spacial score (nSPS) is 10.9. The SMILES string of the molecule is O=C(O)CCCCNC(=O)c1nc(-c2cccnc2)c2c(cc(-c3ccccc3)c(=O)n2Cc2ccccc2)c1O. The van der Waals surface area contributed by atoms with Gasteiger partial charge in [0.15, 0.2) is 11.4 Å². The van der Waals surface area contributed by atoms with Crippen molar-refractivity contribution in [3.63, 3.8) is 0 Å². The Hall–Kier alpha value is -5.31. The number of carbonyl (C=O) groups excluding carboxylic acids is 1. The lowest BCUT2D eigenvalue weighted by Gasteiger charge is -2.19. The molecule has 3 N–H and O–H groups in total. The Morgan fingerprint density at radius 1 is 0.902 bits per heavy atom. The molecule has 9 nitrogen and oxygen atoms in total. The van der Waals surface area contributed by atoms with Gasteiger partial charge in [0, 0.05) is 41.9 Å². The summed E-state index contributed by atoms with van der Waals surface area (Å²) in [6, 6.07) is 23.8. The van der Waals surface area contributed by atoms with Gasteiger partial charge in [0.1, 0.15) is 0 Å². The molecule has 41 heavy (non-hydrogen) atoms. The molecule has 9 heteroatoms. The van der Waals surface area contributed by atoms with Crippen LogP contribution in [0.4, 0.5) is 0 Å². The van der Waals surface area contributed by atoms with E-state index in [9.17, 15) is 19.5 Å². The number of carbonyl (C=O) groups is 2. The molecule has 5 rings (SSSR count). The topological polar surface area (TPSA) is 134 Å². The van der Waals surface area contributed by atoms with Crippen molar-refractivity contribution in [3.05, 3.63) is 113 Å². The minimum atomic E-state index is -0.901. The van der Waals surface area contributed by atoms with Gasteiger partial charge in [-0.05, 0) is 42.2 Å². The van der Waals surface area contributed by atoms with Gasteiger partial charge in [0.25, 0.3) is 11.5 Å². The molecule has 0 atom stereocenters. The Balaban J connectivity index is 1.73. The lowest BCUT2D eigenvalue weighted by atomic mass is 10.0. The van der Waals surface area contributed by atoms with E-state index < -0.39 is 11.9 Å². The van der Waals surface area contributed by atoms with Crippen molar-refractivity contribution < 1.29 is 19.8 Å². The monoisotopic (exact) mass is 548 g/mol. The van der Waals surface area contributed by atoms with Crippen LogP contribution in [-0.4, -0.2) is 43.2 Å². The third-order valence-electron chi connectivity index (χ3n) is 6.74. The van der Waals surface area contributed by atoms with Crippen molar-refractivity contribution in [2.75, 3.05) is 6.54 Å². The molecule has 0 bridgehead atoms. The zero-order valence-corrected chi connectivity index (χ0v) is 22.2. The van der Waals surface area contributed by atoms with Crippen molar-refractivity contribution in [3.8, 4) is 28.1 Å². The summed E-state index contributed by atoms with van der Waals surface area (Å²) in [4.78, 5) is 46.9. The second-order valence-corrected chi connectivity index (χ2v) is 9.57. The van der Waals surface area contributed by atoms with Gasteiger partial charge in [-0.1, -0.05) is 60.7 Å². The number of nitrogens with one attached hydrogen (secondary N) is 1. The highest BCUT2D eigenvalue weighted by Crippen LogP contribution is 2.36. The zero-order chi connectivity index (χ0) is 28.8. The van der Waals surface area contributed by atoms with Crippen LogP contribution in [-0.2, 0) is 11.3 Å². The quantitative estimate of drug-likeness (QED) is 0.212. The van der Waals surface area contributed by atoms with E-state index in [1.54, 1.807) is 35.2 Å². The molecule has 0 spiro atoms. The smallest absolute Gasteiger partial charge is 0.303 e. The molecule has 0 saturated carbocycles. The Morgan fingerprint density at radius 3 is 2.29 bits per heavy atom. The maximum Gasteiger partial charge on any atom is 0.303 e. The molecule has 0 unspecified atom stereocenters. The summed E-state index contributed by atoms with van der Waals surface area (Å²) >= 11 is 0. The lowest BCUT2D eigenvalue weighted by molar-refractivity contribution is -0.137. The number of carboxylic acid groups (broad SMARTS) is 1. The number of rotatable bonds is 10. The third kappa shape index (κ3) is 5.99. The molecular weight excluding hydrogens is 520 g/mol. The van der Waals surface area contributed by atoms with Crippen LogP contribution in [0.3, 0.4) is 0 Å². The van der Waals surface area contributed by atoms with E-state index in [2.05, 4.69) is 15.3 Å². The van der Waals surface area contributed by atoms with E-state index in [4.69, 9.17) is 5.11 Å². The first-order valence-corrected chi connectivity index (χ1v) is 13.2. The van der Waals surface area contributed by atoms with Gasteiger partial charge in [0.05, 0.1) is 17.8 Å². The summed E-state index contributed by atoms with van der Waals surface area (Å²) < 4.78 is 1.58. The number of aromatic nitrogens is 3. The van der Waals surface area contributed by atoms with Crippen LogP contribution in [0, 0.1) is 0 Å². The summed E-state index contributed by atoms with van der Waals surface area (Å²) in [6.07, 6.45) is 4.06. The molecule has 0 saturated heterocycles. The molecular formula is C32H28N4O5. The average molecular weight is 549 g/mol. The van der Waals surface area contributed by atoms with Crippen molar-refractivity contribution >= 4 is 22.8 Å². The lowest BCUT2D eigenvalue weighted by Crippen LogP contribution is -2.27. The van der Waals surface area contributed by atoms with Crippen LogP contribution in [0.1, 0.15) is 35.3 Å². The number of amides is 1. The number of fused-ring (bicyclic) bond motifs is 1. The molecule has 0 aliphatic rings. The molecule has 5 aromatic rings. The summed E-state index contributed by atoms with van der Waals surface area (Å²) in [6.45, 7) is 0.427. The second-order valence-electron chi connectivity index (χ2n) is 9.57. The number of carboxylic acids is 1. The predicted molar refractivity (Wildman–Crippen MR) is 156 cm³/mol. The van der Waals surface area contributed by atoms with E-state index in [0.29, 0.717) is 46.1 Å². The van der Waals surface area contributed by atoms with Crippen LogP contribution in [0.25, 0.3) is 33.3 Å². The number of pyridine rings is 3. The maximum atomic E-state index is 14.1. The molecule has 2 aromatic carbocycles. The van der Waals surface area contributed by atoms with Gasteiger partial charge >= 0.3 is 5.97 Å². The van der Waals surface area contributed by atoms with E-state index in [-0.39, 0.29) is 36.5 Å². The highest BCUT2D eigenvalue weighted by Gasteiger charge is 2.24. The van der Waals surface area contributed by atoms with Crippen LogP contribution in [0.15, 0.2) is 96.1 Å². The Morgan fingerprint density at radius 2 is 1.61 bits per heavy atom. The summed E-state index contributed by atoms with van der Waals surface area (Å²) in [7, 11) is 0. The first-order valence-electron chi connectivity index (χ1n) is 13.2. The minimum Gasteiger partial charge on any atom is -0.505 e. The van der Waals surface area contributed by atoms with Crippen molar-refractivity contribution in [1.82, 2.24) is 19.9 Å². The minimum absolute atomic E-state index is 0.00169. The maximum absolute atomic E-state index is 14.1. The first-order chi connectivity index (χ1) is 19.9. The molecule has 0 radical (unpaired) electrons. The van der Waals surface area contributed by atoms with Gasteiger partial charge in [-0.25, -0.2) is 4.98 Å². The van der Waals surface area contributed by atoms with Crippen LogP contribution in [0.5, 0.6) is 5.75 Å². The van der Waals surface area contributed by atoms with Gasteiger partial charge in [-0.2, -0.15) is 0 Å². The molecule has 206 valence electrons. The fourth-order valence-electron chi connectivity index (χ4n) is 4.74. The number of aliphatic carboxylic acids is 1. The van der Waals surface area contributed by atoms with Gasteiger partial charge in [-0.15, -0.1) is 0 Å². The molecule has 1 amide bonds. The summed E-state index contributed by atoms with van der Waals surface area (Å²) in [5, 5.41) is 23.4. The summed E-state index contributed by atoms with van der Waals surface area (Å²) in [5.41, 5.74) is 2.73. The molecule has 3 aromatic heterocycles. The molecule has 0 aliphatic heterocycles. The standard InChI is InChI=1S/C32H28N4O5/c37-26(38)15-7-8-17-34-31(40)28-30(39)25-18-24(22-12-5-2-6-13-22)32(41)36(20-21-10-3-1-4-11-21)29(25)27(35-28)23-14-9-16-33-19-23/h1-6,9-14,16,18-19,39H,7-8,15,17,20H2,(H,34,40)(H,37,38). The van der Waals surface area contributed by atoms with Gasteiger partial charge in [0.2, 0.25) is 0 Å². The Labute approximate surface area is 235 Å². The number of aromatic hydroxyl groups is 1. The Bertz CT molecular complexity index is 1750. The number of hydrogen-bond donors (Lipinski definition) is 3. The zero-order valence-electron chi connectivity index (χ0n) is 22.2. The van der Waals surface area contributed by atoms with Crippen LogP contribution in [0.2, 0.25) is 0 Å². The molecule has 3 heterocycles. The van der Waals surface area contributed by atoms with E-state index in [1.165, 1.54) is 0 Å². The van der Waals surface area contributed by atoms with Crippen molar-refractivity contribution in [2.24, 2.45) is 0 Å². The Kier molecular flexibility index (Phi) is 8.15. The van der Waals surface area contributed by atoms with Crippen molar-refractivity contribution in [2.45, 2.75) is 25.8 Å². The average Bonchev–Trinajstić information content (AvgIpc) is 2.99. The fourth-order valence-corrected chi connectivity index (χ4v) is 4.74. The first kappa shape index (κ1) is 27.3. The van der Waals surface area contributed by atoms with Crippen molar-refractivity contribution in [1.29, 1.82) is 0 Å². The highest BCUT2D eigenvalue weighted by molar-refractivity contribution is 6.05. The highest BCUT2D eigenvalue weighted by atomic mass is 16.4. The second kappa shape index (κ2) is 12.3. The van der Waals surface area contributed by atoms with Gasteiger partial charge in [-0.3, -0.25) is 19.4 Å². The molecule has 0 aliphatic carbocycles.